The van der Waals surface area contributed by atoms with Gasteiger partial charge in [-0.25, -0.2) is 4.98 Å². The molecule has 74 valence electrons. The lowest BCUT2D eigenvalue weighted by atomic mass is 10.4. The topological polar surface area (TPSA) is 42.7 Å². The highest BCUT2D eigenvalue weighted by molar-refractivity contribution is 7.07. The fourth-order valence-corrected chi connectivity index (χ4v) is 1.84. The molecule has 5 heteroatoms. The minimum absolute atomic E-state index is 0.760. The first-order valence-corrected chi connectivity index (χ1v) is 5.31. The van der Waals surface area contributed by atoms with E-state index in [1.807, 2.05) is 31.1 Å². The number of hydrogen-bond acceptors (Lipinski definition) is 4. The Labute approximate surface area is 86.6 Å². The molecule has 0 bridgehead atoms. The van der Waals surface area contributed by atoms with Crippen molar-refractivity contribution in [3.05, 3.63) is 28.5 Å². The molecular weight excluding hydrogens is 196 g/mol. The van der Waals surface area contributed by atoms with Crippen molar-refractivity contribution in [1.29, 1.82) is 0 Å². The third-order valence-corrected chi connectivity index (χ3v) is 2.59. The van der Waals surface area contributed by atoms with E-state index in [4.69, 9.17) is 0 Å². The molecule has 0 aliphatic rings. The average molecular weight is 208 g/mol. The van der Waals surface area contributed by atoms with Crippen LogP contribution in [-0.4, -0.2) is 14.8 Å². The van der Waals surface area contributed by atoms with Crippen LogP contribution in [0.3, 0.4) is 0 Å². The quantitative estimate of drug-likeness (QED) is 0.836. The highest BCUT2D eigenvalue weighted by Gasteiger charge is 2.02. The summed E-state index contributed by atoms with van der Waals surface area (Å²) < 4.78 is 1.80. The van der Waals surface area contributed by atoms with Gasteiger partial charge >= 0.3 is 0 Å². The van der Waals surface area contributed by atoms with Gasteiger partial charge in [0.15, 0.2) is 0 Å². The van der Waals surface area contributed by atoms with E-state index >= 15 is 0 Å². The van der Waals surface area contributed by atoms with E-state index in [0.717, 1.165) is 23.6 Å². The number of hydrogen-bond donors (Lipinski definition) is 1. The van der Waals surface area contributed by atoms with Gasteiger partial charge in [0.2, 0.25) is 0 Å². The first-order valence-electron chi connectivity index (χ1n) is 4.37. The molecule has 0 unspecified atom stereocenters. The molecule has 0 fully saturated rings. The molecule has 0 radical (unpaired) electrons. The summed E-state index contributed by atoms with van der Waals surface area (Å²) in [5, 5.41) is 9.58. The molecule has 4 nitrogen and oxygen atoms in total. The molecule has 2 rings (SSSR count). The molecule has 2 heterocycles. The first-order chi connectivity index (χ1) is 6.75. The van der Waals surface area contributed by atoms with Gasteiger partial charge in [-0.05, 0) is 6.92 Å². The van der Waals surface area contributed by atoms with Gasteiger partial charge in [0.25, 0.3) is 0 Å². The predicted molar refractivity (Wildman–Crippen MR) is 57.4 cm³/mol. The number of rotatable bonds is 3. The van der Waals surface area contributed by atoms with Crippen LogP contribution in [0.4, 0.5) is 5.69 Å². The maximum atomic E-state index is 4.25. The van der Waals surface area contributed by atoms with E-state index in [1.54, 1.807) is 16.0 Å². The van der Waals surface area contributed by atoms with Crippen LogP contribution in [0.2, 0.25) is 0 Å². The van der Waals surface area contributed by atoms with Gasteiger partial charge < -0.3 is 5.32 Å². The lowest BCUT2D eigenvalue weighted by Crippen LogP contribution is -1.99. The van der Waals surface area contributed by atoms with Gasteiger partial charge in [-0.2, -0.15) is 5.10 Å². The van der Waals surface area contributed by atoms with Crippen LogP contribution in [0.15, 0.2) is 17.1 Å². The maximum Gasteiger partial charge on any atom is 0.0825 e. The van der Waals surface area contributed by atoms with Crippen molar-refractivity contribution in [3.63, 3.8) is 0 Å². The molecule has 0 aromatic carbocycles. The second-order valence-electron chi connectivity index (χ2n) is 3.14. The summed E-state index contributed by atoms with van der Waals surface area (Å²) in [6, 6.07) is 0. The van der Waals surface area contributed by atoms with Crippen molar-refractivity contribution in [2.45, 2.75) is 13.5 Å². The lowest BCUT2D eigenvalue weighted by molar-refractivity contribution is 0.756. The minimum Gasteiger partial charge on any atom is -0.377 e. The SMILES string of the molecule is Cc1nn(C)cc1NCc1cscn1. The Bertz CT molecular complexity index is 404. The number of nitrogens with zero attached hydrogens (tertiary/aromatic N) is 3. The van der Waals surface area contributed by atoms with Crippen molar-refractivity contribution in [3.8, 4) is 0 Å². The van der Waals surface area contributed by atoms with Crippen LogP contribution >= 0.6 is 11.3 Å². The fourth-order valence-electron chi connectivity index (χ4n) is 1.28. The zero-order valence-corrected chi connectivity index (χ0v) is 9.01. The third-order valence-electron chi connectivity index (χ3n) is 1.96. The summed E-state index contributed by atoms with van der Waals surface area (Å²) in [5.41, 5.74) is 4.99. The van der Waals surface area contributed by atoms with Crippen molar-refractivity contribution >= 4 is 17.0 Å². The molecule has 0 atom stereocenters. The van der Waals surface area contributed by atoms with Crippen LogP contribution in [0.25, 0.3) is 0 Å². The van der Waals surface area contributed by atoms with Gasteiger partial charge in [-0.1, -0.05) is 0 Å². The van der Waals surface area contributed by atoms with E-state index < -0.39 is 0 Å². The Balaban J connectivity index is 2.01. The highest BCUT2D eigenvalue weighted by atomic mass is 32.1. The molecule has 0 aliphatic heterocycles. The molecule has 0 spiro atoms. The largest absolute Gasteiger partial charge is 0.377 e. The standard InChI is InChI=1S/C9H12N4S/c1-7-9(4-13(2)12-7)10-3-8-5-14-6-11-8/h4-6,10H,3H2,1-2H3. The second kappa shape index (κ2) is 3.79. The molecular formula is C9H12N4S. The maximum absolute atomic E-state index is 4.25. The molecule has 2 aromatic rings. The van der Waals surface area contributed by atoms with Crippen molar-refractivity contribution in [2.24, 2.45) is 7.05 Å². The lowest BCUT2D eigenvalue weighted by Gasteiger charge is -2.00. The fraction of sp³-hybridized carbons (Fsp3) is 0.333. The van der Waals surface area contributed by atoms with Crippen molar-refractivity contribution < 1.29 is 0 Å². The van der Waals surface area contributed by atoms with Gasteiger partial charge in [0, 0.05) is 18.6 Å². The third kappa shape index (κ3) is 1.93. The van der Waals surface area contributed by atoms with E-state index in [1.165, 1.54) is 0 Å². The monoisotopic (exact) mass is 208 g/mol. The summed E-state index contributed by atoms with van der Waals surface area (Å²) in [5.74, 6) is 0. The zero-order valence-electron chi connectivity index (χ0n) is 8.19. The van der Waals surface area contributed by atoms with E-state index in [2.05, 4.69) is 15.4 Å². The Morgan fingerprint density at radius 2 is 2.43 bits per heavy atom. The Morgan fingerprint density at radius 1 is 1.57 bits per heavy atom. The van der Waals surface area contributed by atoms with Gasteiger partial charge in [0.1, 0.15) is 0 Å². The van der Waals surface area contributed by atoms with Crippen molar-refractivity contribution in [1.82, 2.24) is 14.8 Å². The molecule has 2 aromatic heterocycles. The summed E-state index contributed by atoms with van der Waals surface area (Å²) in [4.78, 5) is 4.20. The van der Waals surface area contributed by atoms with E-state index in [0.29, 0.717) is 0 Å². The Morgan fingerprint density at radius 3 is 3.00 bits per heavy atom. The molecule has 0 amide bonds. The number of anilines is 1. The Hall–Kier alpha value is -1.36. The van der Waals surface area contributed by atoms with Crippen LogP contribution in [0.5, 0.6) is 0 Å². The van der Waals surface area contributed by atoms with Crippen LogP contribution in [0.1, 0.15) is 11.4 Å². The van der Waals surface area contributed by atoms with Gasteiger partial charge in [-0.15, -0.1) is 11.3 Å². The molecule has 1 N–H and O–H groups in total. The smallest absolute Gasteiger partial charge is 0.0825 e. The number of aromatic nitrogens is 3. The average Bonchev–Trinajstić information content (AvgIpc) is 2.72. The zero-order chi connectivity index (χ0) is 9.97. The molecule has 14 heavy (non-hydrogen) atoms. The normalized spacial score (nSPS) is 10.4. The molecule has 0 saturated carbocycles. The molecule has 0 saturated heterocycles. The summed E-state index contributed by atoms with van der Waals surface area (Å²) in [6.07, 6.45) is 1.97. The van der Waals surface area contributed by atoms with Gasteiger partial charge in [0.05, 0.1) is 29.1 Å². The highest BCUT2D eigenvalue weighted by Crippen LogP contribution is 2.12. The van der Waals surface area contributed by atoms with Crippen molar-refractivity contribution in [2.75, 3.05) is 5.32 Å². The number of aryl methyl sites for hydroxylation is 2. The minimum atomic E-state index is 0.760. The van der Waals surface area contributed by atoms with Crippen LogP contribution in [0, 0.1) is 6.92 Å². The van der Waals surface area contributed by atoms with Crippen LogP contribution < -0.4 is 5.32 Å². The Kier molecular flexibility index (Phi) is 2.49. The summed E-state index contributed by atoms with van der Waals surface area (Å²) in [7, 11) is 1.92. The predicted octanol–water partition coefficient (Wildman–Crippen LogP) is 1.80. The van der Waals surface area contributed by atoms with E-state index in [-0.39, 0.29) is 0 Å². The summed E-state index contributed by atoms with van der Waals surface area (Å²) in [6.45, 7) is 2.75. The first kappa shape index (κ1) is 9.21. The number of thiazole rings is 1. The summed E-state index contributed by atoms with van der Waals surface area (Å²) >= 11 is 1.61. The molecule has 0 aliphatic carbocycles. The van der Waals surface area contributed by atoms with Gasteiger partial charge in [-0.3, -0.25) is 4.68 Å². The second-order valence-corrected chi connectivity index (χ2v) is 3.85. The van der Waals surface area contributed by atoms with Crippen LogP contribution in [-0.2, 0) is 13.6 Å². The van der Waals surface area contributed by atoms with E-state index in [9.17, 15) is 0 Å². The number of nitrogens with one attached hydrogen (secondary N) is 1.